The Hall–Kier alpha value is -1.50. The van der Waals surface area contributed by atoms with Crippen LogP contribution in [0.15, 0.2) is 18.2 Å². The monoisotopic (exact) mass is 287 g/mol. The lowest BCUT2D eigenvalue weighted by Crippen LogP contribution is -2.28. The summed E-state index contributed by atoms with van der Waals surface area (Å²) in [5.41, 5.74) is 2.27. The molecule has 2 rings (SSSR count). The first-order chi connectivity index (χ1) is 10.3. The Kier molecular flexibility index (Phi) is 6.10. The first kappa shape index (κ1) is 15.9. The van der Waals surface area contributed by atoms with Crippen molar-refractivity contribution in [1.29, 1.82) is 0 Å². The summed E-state index contributed by atoms with van der Waals surface area (Å²) in [6.07, 6.45) is 4.31. The smallest absolute Gasteiger partial charge is 0.119 e. The van der Waals surface area contributed by atoms with Crippen LogP contribution in [-0.4, -0.2) is 36.3 Å². The van der Waals surface area contributed by atoms with Crippen molar-refractivity contribution >= 4 is 0 Å². The lowest BCUT2D eigenvalue weighted by Gasteiger charge is -2.24. The van der Waals surface area contributed by atoms with Crippen molar-refractivity contribution in [2.75, 3.05) is 20.3 Å². The quantitative estimate of drug-likeness (QED) is 0.845. The van der Waals surface area contributed by atoms with E-state index in [1.54, 1.807) is 7.11 Å². The number of nitrogens with zero attached hydrogens (tertiary/aromatic N) is 1. The highest BCUT2D eigenvalue weighted by Crippen LogP contribution is 2.25. The molecule has 114 valence electrons. The predicted molar refractivity (Wildman–Crippen MR) is 85.3 cm³/mol. The zero-order valence-corrected chi connectivity index (χ0v) is 13.1. The second-order valence-corrected chi connectivity index (χ2v) is 5.47. The number of methoxy groups -OCH3 is 1. The van der Waals surface area contributed by atoms with Crippen molar-refractivity contribution in [2.24, 2.45) is 0 Å². The van der Waals surface area contributed by atoms with Gasteiger partial charge in [0.1, 0.15) is 5.75 Å². The molecule has 1 aliphatic rings. The maximum Gasteiger partial charge on any atom is 0.119 e. The van der Waals surface area contributed by atoms with Crippen molar-refractivity contribution in [2.45, 2.75) is 45.2 Å². The molecule has 1 saturated heterocycles. The molecule has 1 heterocycles. The van der Waals surface area contributed by atoms with Crippen molar-refractivity contribution in [3.05, 3.63) is 29.3 Å². The molecule has 1 fully saturated rings. The second-order valence-electron chi connectivity index (χ2n) is 5.47. The maximum absolute atomic E-state index is 8.86. The number of aliphatic hydroxyl groups is 1. The fourth-order valence-corrected chi connectivity index (χ4v) is 2.95. The highest BCUT2D eigenvalue weighted by Gasteiger charge is 2.23. The van der Waals surface area contributed by atoms with Gasteiger partial charge in [-0.25, -0.2) is 0 Å². The fraction of sp³-hybridized carbons (Fsp3) is 0.556. The van der Waals surface area contributed by atoms with Gasteiger partial charge >= 0.3 is 0 Å². The lowest BCUT2D eigenvalue weighted by molar-refractivity contribution is 0.239. The summed E-state index contributed by atoms with van der Waals surface area (Å²) in [5.74, 6) is 7.08. The molecule has 3 heteroatoms. The maximum atomic E-state index is 8.86. The summed E-state index contributed by atoms with van der Waals surface area (Å²) < 4.78 is 5.35. The van der Waals surface area contributed by atoms with E-state index < -0.39 is 0 Å². The molecule has 0 amide bonds. The summed E-state index contributed by atoms with van der Waals surface area (Å²) in [6.45, 7) is 4.47. The van der Waals surface area contributed by atoms with Crippen molar-refractivity contribution in [3.8, 4) is 17.6 Å². The van der Waals surface area contributed by atoms with E-state index in [9.17, 15) is 0 Å². The average molecular weight is 287 g/mol. The highest BCUT2D eigenvalue weighted by molar-refractivity contribution is 5.45. The minimum Gasteiger partial charge on any atom is -0.497 e. The normalized spacial score (nSPS) is 18.3. The molecule has 1 aromatic carbocycles. The van der Waals surface area contributed by atoms with Gasteiger partial charge in [0.25, 0.3) is 0 Å². The zero-order valence-electron chi connectivity index (χ0n) is 13.1. The van der Waals surface area contributed by atoms with Crippen LogP contribution >= 0.6 is 0 Å². The Morgan fingerprint density at radius 2 is 2.29 bits per heavy atom. The number of ether oxygens (including phenoxy) is 1. The topological polar surface area (TPSA) is 32.7 Å². The minimum absolute atomic E-state index is 0.114. The third-order valence-corrected chi connectivity index (χ3v) is 4.12. The van der Waals surface area contributed by atoms with Crippen LogP contribution in [0.25, 0.3) is 0 Å². The van der Waals surface area contributed by atoms with Gasteiger partial charge in [0.15, 0.2) is 0 Å². The summed E-state index contributed by atoms with van der Waals surface area (Å²) in [6, 6.07) is 6.76. The Morgan fingerprint density at radius 1 is 1.43 bits per heavy atom. The van der Waals surface area contributed by atoms with Gasteiger partial charge in [-0.05, 0) is 49.6 Å². The Bertz CT molecular complexity index is 516. The van der Waals surface area contributed by atoms with Gasteiger partial charge in [0.05, 0.1) is 13.7 Å². The molecular weight excluding hydrogens is 262 g/mol. The molecule has 0 aromatic heterocycles. The Morgan fingerprint density at radius 3 is 3.00 bits per heavy atom. The summed E-state index contributed by atoms with van der Waals surface area (Å²) in [5, 5.41) is 8.86. The van der Waals surface area contributed by atoms with Crippen molar-refractivity contribution < 1.29 is 9.84 Å². The largest absolute Gasteiger partial charge is 0.497 e. The number of rotatable bonds is 5. The van der Waals surface area contributed by atoms with E-state index in [1.165, 1.54) is 31.4 Å². The average Bonchev–Trinajstić information content (AvgIpc) is 2.96. The van der Waals surface area contributed by atoms with E-state index in [0.717, 1.165) is 17.9 Å². The van der Waals surface area contributed by atoms with Crippen molar-refractivity contribution in [3.63, 3.8) is 0 Å². The Balaban J connectivity index is 2.20. The zero-order chi connectivity index (χ0) is 15.1. The van der Waals surface area contributed by atoms with E-state index in [0.29, 0.717) is 12.5 Å². The third kappa shape index (κ3) is 4.23. The van der Waals surface area contributed by atoms with E-state index in [4.69, 9.17) is 9.84 Å². The van der Waals surface area contributed by atoms with Crippen LogP contribution in [0.5, 0.6) is 5.75 Å². The van der Waals surface area contributed by atoms with Gasteiger partial charge in [-0.1, -0.05) is 18.8 Å². The molecule has 1 N–H and O–H groups in total. The van der Waals surface area contributed by atoms with Gasteiger partial charge in [-0.15, -0.1) is 0 Å². The Labute approximate surface area is 127 Å². The number of aliphatic hydroxyl groups excluding tert-OH is 1. The molecule has 1 aliphatic heterocycles. The molecule has 1 aromatic rings. The minimum atomic E-state index is 0.114. The highest BCUT2D eigenvalue weighted by atomic mass is 16.5. The SMILES string of the molecule is CCC1CCCN1Cc1cc(OC)ccc1C#CCCO. The molecule has 0 spiro atoms. The van der Waals surface area contributed by atoms with Gasteiger partial charge in [-0.3, -0.25) is 4.90 Å². The summed E-state index contributed by atoms with van der Waals surface area (Å²) in [4.78, 5) is 2.55. The molecule has 0 radical (unpaired) electrons. The van der Waals surface area contributed by atoms with E-state index in [1.807, 2.05) is 12.1 Å². The van der Waals surface area contributed by atoms with Crippen LogP contribution in [0.3, 0.4) is 0 Å². The number of benzene rings is 1. The number of likely N-dealkylation sites (tertiary alicyclic amines) is 1. The molecule has 0 aliphatic carbocycles. The van der Waals surface area contributed by atoms with Crippen LogP contribution in [-0.2, 0) is 6.54 Å². The van der Waals surface area contributed by atoms with Gasteiger partial charge < -0.3 is 9.84 Å². The van der Waals surface area contributed by atoms with E-state index in [-0.39, 0.29) is 6.61 Å². The first-order valence-corrected chi connectivity index (χ1v) is 7.79. The van der Waals surface area contributed by atoms with Crippen LogP contribution in [0.1, 0.15) is 43.7 Å². The molecule has 1 atom stereocenters. The standard InChI is InChI=1S/C18H25NO2/c1-3-17-8-6-11-19(17)14-16-13-18(21-2)10-9-15(16)7-4-5-12-20/h9-10,13,17,20H,3,5-6,8,11-12,14H2,1-2H3. The van der Waals surface area contributed by atoms with E-state index >= 15 is 0 Å². The van der Waals surface area contributed by atoms with Crippen LogP contribution in [0.2, 0.25) is 0 Å². The molecule has 3 nitrogen and oxygen atoms in total. The van der Waals surface area contributed by atoms with E-state index in [2.05, 4.69) is 29.7 Å². The number of hydrogen-bond donors (Lipinski definition) is 1. The molecular formula is C18H25NO2. The first-order valence-electron chi connectivity index (χ1n) is 7.79. The fourth-order valence-electron chi connectivity index (χ4n) is 2.95. The molecule has 1 unspecified atom stereocenters. The molecule has 0 saturated carbocycles. The number of hydrogen-bond acceptors (Lipinski definition) is 3. The second kappa shape index (κ2) is 8.07. The predicted octanol–water partition coefficient (Wildman–Crippen LogP) is 2.80. The summed E-state index contributed by atoms with van der Waals surface area (Å²) in [7, 11) is 1.70. The van der Waals surface area contributed by atoms with Crippen LogP contribution in [0, 0.1) is 11.8 Å². The van der Waals surface area contributed by atoms with Crippen LogP contribution in [0.4, 0.5) is 0 Å². The molecule has 21 heavy (non-hydrogen) atoms. The summed E-state index contributed by atoms with van der Waals surface area (Å²) >= 11 is 0. The van der Waals surface area contributed by atoms with Gasteiger partial charge in [-0.2, -0.15) is 0 Å². The lowest BCUT2D eigenvalue weighted by atomic mass is 10.1. The van der Waals surface area contributed by atoms with Gasteiger partial charge in [0, 0.05) is 24.6 Å². The van der Waals surface area contributed by atoms with Gasteiger partial charge in [0.2, 0.25) is 0 Å². The molecule has 0 bridgehead atoms. The third-order valence-electron chi connectivity index (χ3n) is 4.12. The van der Waals surface area contributed by atoms with Crippen LogP contribution < -0.4 is 4.74 Å². The van der Waals surface area contributed by atoms with Crippen molar-refractivity contribution in [1.82, 2.24) is 4.90 Å².